The molecule has 0 fully saturated rings. The second-order valence-electron chi connectivity index (χ2n) is 4.69. The molecule has 0 saturated carbocycles. The first kappa shape index (κ1) is 17.7. The summed E-state index contributed by atoms with van der Waals surface area (Å²) in [6.07, 6.45) is -1.06. The van der Waals surface area contributed by atoms with E-state index in [4.69, 9.17) is 0 Å². The van der Waals surface area contributed by atoms with Crippen LogP contribution in [0.4, 0.5) is 26.7 Å². The summed E-state index contributed by atoms with van der Waals surface area (Å²) in [5.41, 5.74) is -1.04. The van der Waals surface area contributed by atoms with Gasteiger partial charge in [-0.15, -0.1) is 0 Å². The molecule has 0 aliphatic rings. The Morgan fingerprint density at radius 1 is 0.958 bits per heavy atom. The third-order valence-corrected chi connectivity index (χ3v) is 3.20. The predicted molar refractivity (Wildman–Crippen MR) is 74.7 cm³/mol. The van der Waals surface area contributed by atoms with Gasteiger partial charge in [-0.05, 0) is 12.5 Å². The second-order valence-corrected chi connectivity index (χ2v) is 4.69. The normalized spacial score (nSPS) is 11.9. The largest absolute Gasteiger partial charge is 0.450 e. The lowest BCUT2D eigenvalue weighted by Gasteiger charge is -2.21. The summed E-state index contributed by atoms with van der Waals surface area (Å²) in [6.45, 7) is 1.46. The summed E-state index contributed by atoms with van der Waals surface area (Å²) in [4.78, 5) is 11.6. The van der Waals surface area contributed by atoms with Crippen molar-refractivity contribution < 1.29 is 31.5 Å². The number of halogens is 5. The van der Waals surface area contributed by atoms with E-state index in [0.717, 1.165) is 0 Å². The van der Waals surface area contributed by atoms with Crippen LogP contribution in [0.2, 0.25) is 0 Å². The number of amides is 1. The molecule has 0 radical (unpaired) electrons. The van der Waals surface area contributed by atoms with Gasteiger partial charge in [0.2, 0.25) is 5.82 Å². The van der Waals surface area contributed by atoms with Crippen LogP contribution in [0.1, 0.15) is 24.1 Å². The summed E-state index contributed by atoms with van der Waals surface area (Å²) in [5, 5.41) is 2.11. The van der Waals surface area contributed by atoms with Gasteiger partial charge in [-0.2, -0.15) is 0 Å². The molecule has 0 aliphatic carbocycles. The van der Waals surface area contributed by atoms with Crippen LogP contribution in [0.5, 0.6) is 0 Å². The van der Waals surface area contributed by atoms with Crippen molar-refractivity contribution in [3.8, 4) is 0 Å². The fraction of sp³-hybridized carbons (Fsp3) is 0.188. The van der Waals surface area contributed by atoms with Gasteiger partial charge in [-0.1, -0.05) is 30.3 Å². The number of hydrogen-bond donors (Lipinski definition) is 1. The third-order valence-electron chi connectivity index (χ3n) is 3.20. The number of benzene rings is 2. The zero-order valence-electron chi connectivity index (χ0n) is 12.4. The molecule has 3 nitrogen and oxygen atoms in total. The van der Waals surface area contributed by atoms with E-state index in [9.17, 15) is 26.7 Å². The summed E-state index contributed by atoms with van der Waals surface area (Å²) >= 11 is 0. The van der Waals surface area contributed by atoms with Gasteiger partial charge in [-0.25, -0.2) is 26.7 Å². The van der Waals surface area contributed by atoms with E-state index in [-0.39, 0.29) is 12.2 Å². The van der Waals surface area contributed by atoms with Crippen LogP contribution in [0, 0.1) is 29.1 Å². The van der Waals surface area contributed by atoms with Gasteiger partial charge >= 0.3 is 6.09 Å². The Balaban J connectivity index is 2.62. The van der Waals surface area contributed by atoms with Crippen molar-refractivity contribution in [2.24, 2.45) is 0 Å². The van der Waals surface area contributed by atoms with E-state index in [1.165, 1.54) is 31.2 Å². The maximum Gasteiger partial charge on any atom is 0.407 e. The molecule has 1 atom stereocenters. The molecule has 0 heterocycles. The minimum atomic E-state index is -2.27. The van der Waals surface area contributed by atoms with Crippen LogP contribution in [-0.4, -0.2) is 12.7 Å². The molecule has 0 saturated heterocycles. The number of nitrogens with one attached hydrogen (secondary N) is 1. The number of rotatable bonds is 4. The van der Waals surface area contributed by atoms with E-state index in [0.29, 0.717) is 0 Å². The molecule has 128 valence electrons. The van der Waals surface area contributed by atoms with Crippen molar-refractivity contribution in [1.29, 1.82) is 0 Å². The van der Waals surface area contributed by atoms with Gasteiger partial charge in [0.1, 0.15) is 0 Å². The Labute approximate surface area is 134 Å². The highest BCUT2D eigenvalue weighted by molar-refractivity contribution is 5.68. The Morgan fingerprint density at radius 2 is 1.46 bits per heavy atom. The van der Waals surface area contributed by atoms with Crippen LogP contribution in [0.15, 0.2) is 30.3 Å². The van der Waals surface area contributed by atoms with Crippen molar-refractivity contribution in [2.75, 3.05) is 6.61 Å². The molecule has 2 rings (SSSR count). The zero-order chi connectivity index (χ0) is 17.9. The smallest absolute Gasteiger partial charge is 0.407 e. The Morgan fingerprint density at radius 3 is 1.96 bits per heavy atom. The molecule has 0 aliphatic heterocycles. The standard InChI is InChI=1S/C16H12F5NO2/c1-2-24-16(23)22-15(8-6-4-3-5-7-8)9-10(17)12(19)14(21)13(20)11(9)18/h3-7,15H,2H2,1H3,(H,22,23). The van der Waals surface area contributed by atoms with Gasteiger partial charge < -0.3 is 10.1 Å². The zero-order valence-corrected chi connectivity index (χ0v) is 12.4. The van der Waals surface area contributed by atoms with Crippen molar-refractivity contribution in [2.45, 2.75) is 13.0 Å². The maximum absolute atomic E-state index is 14.1. The Hall–Kier alpha value is -2.64. The monoisotopic (exact) mass is 345 g/mol. The topological polar surface area (TPSA) is 38.3 Å². The average Bonchev–Trinajstić information content (AvgIpc) is 2.58. The number of hydrogen-bond acceptors (Lipinski definition) is 2. The minimum absolute atomic E-state index is 0.0373. The fourth-order valence-corrected chi connectivity index (χ4v) is 2.13. The molecule has 24 heavy (non-hydrogen) atoms. The molecule has 0 bridgehead atoms. The van der Waals surface area contributed by atoms with Gasteiger partial charge in [0.25, 0.3) is 0 Å². The molecule has 1 unspecified atom stereocenters. The van der Waals surface area contributed by atoms with E-state index in [1.807, 2.05) is 0 Å². The fourth-order valence-electron chi connectivity index (χ4n) is 2.13. The second kappa shape index (κ2) is 7.29. The molecule has 1 N–H and O–H groups in total. The van der Waals surface area contributed by atoms with E-state index >= 15 is 0 Å². The molecule has 0 aromatic heterocycles. The van der Waals surface area contributed by atoms with Crippen molar-refractivity contribution in [3.05, 3.63) is 70.5 Å². The van der Waals surface area contributed by atoms with Gasteiger partial charge in [0.05, 0.1) is 18.2 Å². The lowest BCUT2D eigenvalue weighted by atomic mass is 9.97. The first-order valence-electron chi connectivity index (χ1n) is 6.88. The number of alkyl carbamates (subject to hydrolysis) is 1. The van der Waals surface area contributed by atoms with Crippen molar-refractivity contribution in [1.82, 2.24) is 5.32 Å². The summed E-state index contributed by atoms with van der Waals surface area (Å²) in [6, 6.07) is 5.69. The lowest BCUT2D eigenvalue weighted by Crippen LogP contribution is -2.32. The first-order valence-corrected chi connectivity index (χ1v) is 6.88. The molecular formula is C16H12F5NO2. The van der Waals surface area contributed by atoms with Gasteiger partial charge in [0, 0.05) is 0 Å². The average molecular weight is 345 g/mol. The lowest BCUT2D eigenvalue weighted by molar-refractivity contribution is 0.149. The number of ether oxygens (including phenoxy) is 1. The Kier molecular flexibility index (Phi) is 5.38. The van der Waals surface area contributed by atoms with E-state index < -0.39 is 46.8 Å². The summed E-state index contributed by atoms with van der Waals surface area (Å²) in [5.74, 6) is -10.5. The van der Waals surface area contributed by atoms with Crippen LogP contribution in [0.3, 0.4) is 0 Å². The molecule has 8 heteroatoms. The molecule has 2 aromatic carbocycles. The van der Waals surface area contributed by atoms with E-state index in [1.54, 1.807) is 6.07 Å². The van der Waals surface area contributed by atoms with Crippen molar-refractivity contribution >= 4 is 6.09 Å². The van der Waals surface area contributed by atoms with Crippen LogP contribution >= 0.6 is 0 Å². The SMILES string of the molecule is CCOC(=O)NC(c1ccccc1)c1c(F)c(F)c(F)c(F)c1F. The van der Waals surface area contributed by atoms with Gasteiger partial charge in [0.15, 0.2) is 23.3 Å². The molecule has 1 amide bonds. The number of carbonyl (C=O) groups is 1. The maximum atomic E-state index is 14.1. The predicted octanol–water partition coefficient (Wildman–Crippen LogP) is 4.22. The van der Waals surface area contributed by atoms with Gasteiger partial charge in [-0.3, -0.25) is 0 Å². The van der Waals surface area contributed by atoms with Crippen LogP contribution in [0.25, 0.3) is 0 Å². The summed E-state index contributed by atoms with van der Waals surface area (Å²) in [7, 11) is 0. The Bertz CT molecular complexity index is 723. The highest BCUT2D eigenvalue weighted by Crippen LogP contribution is 2.31. The molecular weight excluding hydrogens is 333 g/mol. The van der Waals surface area contributed by atoms with Crippen LogP contribution in [-0.2, 0) is 4.74 Å². The highest BCUT2D eigenvalue weighted by Gasteiger charge is 2.32. The highest BCUT2D eigenvalue weighted by atomic mass is 19.2. The number of carbonyl (C=O) groups excluding carboxylic acids is 1. The first-order chi connectivity index (χ1) is 11.4. The quantitative estimate of drug-likeness (QED) is 0.512. The minimum Gasteiger partial charge on any atom is -0.450 e. The summed E-state index contributed by atoms with van der Waals surface area (Å²) < 4.78 is 72.9. The third kappa shape index (κ3) is 3.32. The molecule has 2 aromatic rings. The van der Waals surface area contributed by atoms with Crippen LogP contribution < -0.4 is 5.32 Å². The van der Waals surface area contributed by atoms with Crippen molar-refractivity contribution in [3.63, 3.8) is 0 Å². The molecule has 0 spiro atoms. The van der Waals surface area contributed by atoms with E-state index in [2.05, 4.69) is 10.1 Å².